The molecule has 0 spiro atoms. The second-order valence-corrected chi connectivity index (χ2v) is 9.49. The van der Waals surface area contributed by atoms with Crippen LogP contribution in [0.1, 0.15) is 25.8 Å². The molecular formula is C20H25N6O6P. The van der Waals surface area contributed by atoms with Gasteiger partial charge in [-0.3, -0.25) is 9.32 Å². The zero-order valence-corrected chi connectivity index (χ0v) is 19.0. The lowest BCUT2D eigenvalue weighted by Crippen LogP contribution is -2.36. The summed E-state index contributed by atoms with van der Waals surface area (Å²) in [6, 6.07) is 7.74. The number of ether oxygens (including phenoxy) is 1. The Morgan fingerprint density at radius 2 is 2.06 bits per heavy atom. The average molecular weight is 476 g/mol. The van der Waals surface area contributed by atoms with Gasteiger partial charge in [0.25, 0.3) is 0 Å². The number of rotatable bonds is 9. The molecule has 13 heteroatoms. The molecule has 0 amide bonds. The van der Waals surface area contributed by atoms with Gasteiger partial charge in [0.15, 0.2) is 11.2 Å². The van der Waals surface area contributed by atoms with Crippen LogP contribution in [0.2, 0.25) is 0 Å². The zero-order chi connectivity index (χ0) is 23.6. The predicted octanol–water partition coefficient (Wildman–Crippen LogP) is 2.42. The minimum atomic E-state index is -3.87. The van der Waals surface area contributed by atoms with Gasteiger partial charge in [0.1, 0.15) is 11.8 Å². The largest absolute Gasteiger partial charge is 0.492 e. The first-order valence-electron chi connectivity index (χ1n) is 10.3. The second kappa shape index (κ2) is 9.34. The number of hydrogen-bond donors (Lipinski definition) is 3. The molecule has 2 aromatic heterocycles. The highest BCUT2D eigenvalue weighted by atomic mass is 31.2. The molecule has 3 aromatic rings. The first kappa shape index (κ1) is 23.0. The SMILES string of the molecule is COC(=O)[C@H](C)NP(=O)(OC[C@H]1C[C@@H](n2cnc3c(O)nc(N)nc32)C1)Oc1ccccc1. The van der Waals surface area contributed by atoms with Gasteiger partial charge >= 0.3 is 13.7 Å². The highest BCUT2D eigenvalue weighted by Gasteiger charge is 2.37. The molecule has 2 heterocycles. The van der Waals surface area contributed by atoms with Crippen LogP contribution in [0.5, 0.6) is 11.6 Å². The molecule has 0 saturated heterocycles. The number of aromatic hydroxyl groups is 1. The lowest BCUT2D eigenvalue weighted by Gasteiger charge is -2.36. The summed E-state index contributed by atoms with van der Waals surface area (Å²) in [4.78, 5) is 23.9. The summed E-state index contributed by atoms with van der Waals surface area (Å²) in [7, 11) is -2.62. The third kappa shape index (κ3) is 5.08. The van der Waals surface area contributed by atoms with Gasteiger partial charge in [0, 0.05) is 6.04 Å². The summed E-state index contributed by atoms with van der Waals surface area (Å²) >= 11 is 0. The number of carbonyl (C=O) groups is 1. The monoisotopic (exact) mass is 476 g/mol. The van der Waals surface area contributed by atoms with Crippen LogP contribution in [-0.4, -0.2) is 50.4 Å². The van der Waals surface area contributed by atoms with Gasteiger partial charge < -0.3 is 24.7 Å². The molecule has 0 bridgehead atoms. The number of nitrogens with one attached hydrogen (secondary N) is 1. The fraction of sp³-hybridized carbons (Fsp3) is 0.400. The Labute approximate surface area is 189 Å². The van der Waals surface area contributed by atoms with Crippen molar-refractivity contribution in [3.05, 3.63) is 36.7 Å². The van der Waals surface area contributed by atoms with Crippen molar-refractivity contribution in [1.82, 2.24) is 24.6 Å². The van der Waals surface area contributed by atoms with Crippen LogP contribution in [0.3, 0.4) is 0 Å². The Bertz CT molecular complexity index is 1180. The first-order valence-corrected chi connectivity index (χ1v) is 11.9. The molecule has 1 aromatic carbocycles. The Morgan fingerprint density at radius 1 is 1.33 bits per heavy atom. The third-order valence-corrected chi connectivity index (χ3v) is 7.02. The number of para-hydroxylation sites is 1. The molecule has 1 aliphatic rings. The molecule has 0 aliphatic heterocycles. The average Bonchev–Trinajstić information content (AvgIpc) is 3.16. The summed E-state index contributed by atoms with van der Waals surface area (Å²) in [5.74, 6) is -0.455. The molecule has 2 atom stereocenters. The number of nitrogens with two attached hydrogens (primary N) is 1. The number of anilines is 1. The van der Waals surface area contributed by atoms with Crippen molar-refractivity contribution in [2.45, 2.75) is 31.8 Å². The molecule has 176 valence electrons. The maximum atomic E-state index is 13.4. The number of methoxy groups -OCH3 is 1. The Balaban J connectivity index is 1.41. The maximum absolute atomic E-state index is 13.4. The van der Waals surface area contributed by atoms with E-state index in [1.807, 2.05) is 4.57 Å². The van der Waals surface area contributed by atoms with Crippen LogP contribution in [0.25, 0.3) is 11.2 Å². The number of aromatic nitrogens is 4. The summed E-state index contributed by atoms with van der Waals surface area (Å²) in [5, 5.41) is 12.5. The van der Waals surface area contributed by atoms with Gasteiger partial charge in [0.05, 0.1) is 20.0 Å². The number of nitrogen functional groups attached to an aromatic ring is 1. The minimum Gasteiger partial charge on any atom is -0.492 e. The second-order valence-electron chi connectivity index (χ2n) is 7.79. The lowest BCUT2D eigenvalue weighted by atomic mass is 9.81. The number of carbonyl (C=O) groups excluding carboxylic acids is 1. The van der Waals surface area contributed by atoms with Crippen LogP contribution in [0.4, 0.5) is 5.95 Å². The maximum Gasteiger partial charge on any atom is 0.459 e. The molecule has 1 fully saturated rings. The number of fused-ring (bicyclic) bond motifs is 1. The van der Waals surface area contributed by atoms with Crippen molar-refractivity contribution < 1.29 is 28.3 Å². The normalized spacial score (nSPS) is 20.5. The van der Waals surface area contributed by atoms with Crippen molar-refractivity contribution >= 4 is 30.8 Å². The van der Waals surface area contributed by atoms with E-state index in [-0.39, 0.29) is 35.9 Å². The number of nitrogens with zero attached hydrogens (tertiary/aromatic N) is 4. The molecular weight excluding hydrogens is 451 g/mol. The Kier molecular flexibility index (Phi) is 6.50. The first-order chi connectivity index (χ1) is 15.8. The number of hydrogen-bond acceptors (Lipinski definition) is 10. The van der Waals surface area contributed by atoms with Gasteiger partial charge in [-0.2, -0.15) is 15.1 Å². The van der Waals surface area contributed by atoms with Gasteiger partial charge in [-0.25, -0.2) is 9.55 Å². The van der Waals surface area contributed by atoms with E-state index < -0.39 is 19.8 Å². The van der Waals surface area contributed by atoms with E-state index in [4.69, 9.17) is 19.5 Å². The van der Waals surface area contributed by atoms with Gasteiger partial charge in [-0.1, -0.05) is 18.2 Å². The van der Waals surface area contributed by atoms with Gasteiger partial charge in [-0.15, -0.1) is 0 Å². The van der Waals surface area contributed by atoms with E-state index >= 15 is 0 Å². The predicted molar refractivity (Wildman–Crippen MR) is 118 cm³/mol. The third-order valence-electron chi connectivity index (χ3n) is 5.38. The van der Waals surface area contributed by atoms with Crippen molar-refractivity contribution in [2.24, 2.45) is 5.92 Å². The van der Waals surface area contributed by atoms with Crippen LogP contribution < -0.4 is 15.3 Å². The van der Waals surface area contributed by atoms with Gasteiger partial charge in [-0.05, 0) is 37.8 Å². The van der Waals surface area contributed by atoms with Crippen LogP contribution in [-0.2, 0) is 18.6 Å². The van der Waals surface area contributed by atoms with Crippen molar-refractivity contribution in [3.63, 3.8) is 0 Å². The topological polar surface area (TPSA) is 164 Å². The standard InChI is InChI=1S/C20H25N6O6P/c1-12(19(28)30-2)25-33(29,32-15-6-4-3-5-7-15)31-10-13-8-14(9-13)26-11-22-16-17(26)23-20(21)24-18(16)27/h3-7,11-14H,8-10H2,1-2H3,(H,25,29)(H3,21,23,24,27)/t12-,13-,14+,33?/m0/s1. The Morgan fingerprint density at radius 3 is 2.76 bits per heavy atom. The molecule has 1 saturated carbocycles. The van der Waals surface area contributed by atoms with E-state index in [0.29, 0.717) is 24.2 Å². The summed E-state index contributed by atoms with van der Waals surface area (Å²) < 4.78 is 31.2. The quantitative estimate of drug-likeness (QED) is 0.307. The van der Waals surface area contributed by atoms with Crippen LogP contribution in [0, 0.1) is 5.92 Å². The molecule has 4 rings (SSSR count). The highest BCUT2D eigenvalue weighted by Crippen LogP contribution is 2.48. The number of imidazole rings is 1. The molecule has 12 nitrogen and oxygen atoms in total. The van der Waals surface area contributed by atoms with Gasteiger partial charge in [0.2, 0.25) is 11.8 Å². The fourth-order valence-corrected chi connectivity index (χ4v) is 5.20. The Hall–Kier alpha value is -3.21. The van der Waals surface area contributed by atoms with E-state index in [1.165, 1.54) is 14.0 Å². The highest BCUT2D eigenvalue weighted by molar-refractivity contribution is 7.52. The summed E-state index contributed by atoms with van der Waals surface area (Å²) in [6.07, 6.45) is 2.99. The van der Waals surface area contributed by atoms with Crippen molar-refractivity contribution in [3.8, 4) is 11.6 Å². The molecule has 33 heavy (non-hydrogen) atoms. The van der Waals surface area contributed by atoms with Crippen molar-refractivity contribution in [2.75, 3.05) is 19.5 Å². The number of benzene rings is 1. The molecule has 1 aliphatic carbocycles. The zero-order valence-electron chi connectivity index (χ0n) is 18.1. The summed E-state index contributed by atoms with van der Waals surface area (Å²) in [5.41, 5.74) is 6.38. The van der Waals surface area contributed by atoms with E-state index in [0.717, 1.165) is 0 Å². The molecule has 1 unspecified atom stereocenters. The van der Waals surface area contributed by atoms with E-state index in [2.05, 4.69) is 20.0 Å². The van der Waals surface area contributed by atoms with Crippen molar-refractivity contribution in [1.29, 1.82) is 0 Å². The van der Waals surface area contributed by atoms with Crippen LogP contribution in [0.15, 0.2) is 36.7 Å². The fourth-order valence-electron chi connectivity index (χ4n) is 3.63. The lowest BCUT2D eigenvalue weighted by molar-refractivity contribution is -0.142. The van der Waals surface area contributed by atoms with E-state index in [9.17, 15) is 14.5 Å². The van der Waals surface area contributed by atoms with E-state index in [1.54, 1.807) is 36.7 Å². The summed E-state index contributed by atoms with van der Waals surface area (Å²) in [6.45, 7) is 1.67. The smallest absolute Gasteiger partial charge is 0.459 e. The molecule has 0 radical (unpaired) electrons. The minimum absolute atomic E-state index is 0.0363. The molecule has 4 N–H and O–H groups in total. The van der Waals surface area contributed by atoms with Crippen LogP contribution >= 0.6 is 7.75 Å². The number of esters is 1.